The third kappa shape index (κ3) is 4.20. The second kappa shape index (κ2) is 8.04. The van der Waals surface area contributed by atoms with E-state index >= 15 is 0 Å². The summed E-state index contributed by atoms with van der Waals surface area (Å²) in [7, 11) is 1.99. The number of benzene rings is 1. The second-order valence-corrected chi connectivity index (χ2v) is 7.92. The molecule has 2 atom stereocenters. The van der Waals surface area contributed by atoms with E-state index in [-0.39, 0.29) is 6.04 Å². The van der Waals surface area contributed by atoms with E-state index in [0.29, 0.717) is 36.8 Å². The number of piperidine rings is 2. The smallest absolute Gasteiger partial charge is 0.341 e. The molecule has 0 unspecified atom stereocenters. The topological polar surface area (TPSA) is 90.3 Å². The predicted octanol–water partition coefficient (Wildman–Crippen LogP) is 2.17. The summed E-state index contributed by atoms with van der Waals surface area (Å²) in [6.07, 6.45) is 2.22. The van der Waals surface area contributed by atoms with Crippen LogP contribution < -0.4 is 4.74 Å². The molecule has 2 fully saturated rings. The van der Waals surface area contributed by atoms with E-state index in [9.17, 15) is 14.7 Å². The number of ether oxygens (including phenoxy) is 1. The number of hydrogen-bond donors (Lipinski definition) is 2. The molecule has 0 radical (unpaired) electrons. The first-order valence-corrected chi connectivity index (χ1v) is 9.48. The Morgan fingerprint density at radius 2 is 2.07 bits per heavy atom. The standard InChI is InChI=1S/C19H25ClN2O5/c1-21-7-2-5-19(18(25)26)6-8-22(11-16(19)21)10-13-9-14(20)3-4-15(13)27-12-17(23)24/h3-4,9,16H,2,5-8,10-12H2,1H3,(H,23,24)(H,25,26)/t16-,19+/m1/s1. The van der Waals surface area contributed by atoms with Gasteiger partial charge >= 0.3 is 11.9 Å². The maximum Gasteiger partial charge on any atom is 0.341 e. The van der Waals surface area contributed by atoms with Crippen LogP contribution in [0.2, 0.25) is 5.02 Å². The van der Waals surface area contributed by atoms with Crippen LogP contribution in [0.5, 0.6) is 5.75 Å². The van der Waals surface area contributed by atoms with E-state index < -0.39 is 24.0 Å². The van der Waals surface area contributed by atoms with E-state index in [4.69, 9.17) is 21.4 Å². The second-order valence-electron chi connectivity index (χ2n) is 7.48. The van der Waals surface area contributed by atoms with Gasteiger partial charge in [0.2, 0.25) is 0 Å². The average Bonchev–Trinajstić information content (AvgIpc) is 2.61. The molecule has 2 heterocycles. The van der Waals surface area contributed by atoms with E-state index in [0.717, 1.165) is 24.9 Å². The highest BCUT2D eigenvalue weighted by atomic mass is 35.5. The molecule has 2 saturated heterocycles. The fourth-order valence-electron chi connectivity index (χ4n) is 4.38. The number of carboxylic acids is 2. The zero-order chi connectivity index (χ0) is 19.6. The average molecular weight is 397 g/mol. The minimum atomic E-state index is -1.04. The lowest BCUT2D eigenvalue weighted by Gasteiger charge is -2.51. The first-order valence-electron chi connectivity index (χ1n) is 9.11. The number of halogens is 1. The summed E-state index contributed by atoms with van der Waals surface area (Å²) in [5.41, 5.74) is 0.130. The van der Waals surface area contributed by atoms with Crippen molar-refractivity contribution in [2.45, 2.75) is 31.8 Å². The van der Waals surface area contributed by atoms with Gasteiger partial charge < -0.3 is 19.8 Å². The van der Waals surface area contributed by atoms with Crippen LogP contribution in [0, 0.1) is 5.41 Å². The predicted molar refractivity (Wildman–Crippen MR) is 100 cm³/mol. The minimum Gasteiger partial charge on any atom is -0.482 e. The molecule has 0 amide bonds. The Morgan fingerprint density at radius 1 is 1.30 bits per heavy atom. The highest BCUT2D eigenvalue weighted by Gasteiger charge is 2.52. The van der Waals surface area contributed by atoms with Crippen LogP contribution in [0.25, 0.3) is 0 Å². The summed E-state index contributed by atoms with van der Waals surface area (Å²) in [6.45, 7) is 2.34. The Bertz CT molecular complexity index is 728. The van der Waals surface area contributed by atoms with E-state index in [1.165, 1.54) is 0 Å². The number of likely N-dealkylation sites (tertiary alicyclic amines) is 2. The molecule has 2 aliphatic heterocycles. The number of carboxylic acid groups (broad SMARTS) is 2. The van der Waals surface area contributed by atoms with Gasteiger partial charge in [0.25, 0.3) is 0 Å². The number of nitrogens with zero attached hydrogens (tertiary/aromatic N) is 2. The van der Waals surface area contributed by atoms with E-state index in [2.05, 4.69) is 9.80 Å². The van der Waals surface area contributed by atoms with Crippen LogP contribution in [0.4, 0.5) is 0 Å². The van der Waals surface area contributed by atoms with Crippen LogP contribution in [0.15, 0.2) is 18.2 Å². The summed E-state index contributed by atoms with van der Waals surface area (Å²) in [5, 5.41) is 19.3. The minimum absolute atomic E-state index is 0.0416. The van der Waals surface area contributed by atoms with Crippen molar-refractivity contribution >= 4 is 23.5 Å². The maximum atomic E-state index is 12.0. The van der Waals surface area contributed by atoms with Gasteiger partial charge in [-0.25, -0.2) is 4.79 Å². The van der Waals surface area contributed by atoms with Gasteiger partial charge in [-0.3, -0.25) is 9.69 Å². The molecule has 27 heavy (non-hydrogen) atoms. The monoisotopic (exact) mass is 396 g/mol. The largest absolute Gasteiger partial charge is 0.482 e. The molecular weight excluding hydrogens is 372 g/mol. The fourth-order valence-corrected chi connectivity index (χ4v) is 4.57. The molecule has 148 valence electrons. The number of likely N-dealkylation sites (N-methyl/N-ethyl adjacent to an activating group) is 1. The molecule has 0 aromatic heterocycles. The van der Waals surface area contributed by atoms with Crippen molar-refractivity contribution in [2.24, 2.45) is 5.41 Å². The van der Waals surface area contributed by atoms with E-state index in [1.807, 2.05) is 7.05 Å². The third-order valence-electron chi connectivity index (χ3n) is 5.80. The SMILES string of the molecule is CN1CCC[C@]2(C(=O)O)CCN(Cc3cc(Cl)ccc3OCC(=O)O)C[C@@H]12. The summed E-state index contributed by atoms with van der Waals surface area (Å²) in [5.74, 6) is -1.25. The van der Waals surface area contributed by atoms with Gasteiger partial charge in [-0.15, -0.1) is 0 Å². The molecule has 0 saturated carbocycles. The number of aliphatic carboxylic acids is 2. The molecule has 0 spiro atoms. The van der Waals surface area contributed by atoms with Gasteiger partial charge in [0.1, 0.15) is 5.75 Å². The number of hydrogen-bond acceptors (Lipinski definition) is 5. The molecule has 3 rings (SSSR count). The molecule has 1 aromatic carbocycles. The van der Waals surface area contributed by atoms with Crippen LogP contribution in [0.1, 0.15) is 24.8 Å². The summed E-state index contributed by atoms with van der Waals surface area (Å²) in [6, 6.07) is 5.09. The Balaban J connectivity index is 1.77. The quantitative estimate of drug-likeness (QED) is 0.761. The molecular formula is C19H25ClN2O5. The summed E-state index contributed by atoms with van der Waals surface area (Å²) >= 11 is 6.12. The van der Waals surface area contributed by atoms with Crippen molar-refractivity contribution < 1.29 is 24.5 Å². The Morgan fingerprint density at radius 3 is 2.78 bits per heavy atom. The van der Waals surface area contributed by atoms with Crippen molar-refractivity contribution in [2.75, 3.05) is 33.3 Å². The van der Waals surface area contributed by atoms with Crippen molar-refractivity contribution in [1.82, 2.24) is 9.80 Å². The Labute approximate surface area is 163 Å². The van der Waals surface area contributed by atoms with Gasteiger partial charge in [0, 0.05) is 29.7 Å². The van der Waals surface area contributed by atoms with Crippen LogP contribution in [-0.2, 0) is 16.1 Å². The van der Waals surface area contributed by atoms with Crippen molar-refractivity contribution in [1.29, 1.82) is 0 Å². The Kier molecular flexibility index (Phi) is 5.93. The maximum absolute atomic E-state index is 12.0. The van der Waals surface area contributed by atoms with Gasteiger partial charge in [-0.05, 0) is 57.6 Å². The summed E-state index contributed by atoms with van der Waals surface area (Å²) < 4.78 is 5.39. The third-order valence-corrected chi connectivity index (χ3v) is 6.04. The molecule has 7 nitrogen and oxygen atoms in total. The number of fused-ring (bicyclic) bond motifs is 1. The number of carbonyl (C=O) groups is 2. The Hall–Kier alpha value is -1.83. The highest BCUT2D eigenvalue weighted by molar-refractivity contribution is 6.30. The molecule has 1 aromatic rings. The summed E-state index contributed by atoms with van der Waals surface area (Å²) in [4.78, 5) is 27.2. The van der Waals surface area contributed by atoms with Crippen molar-refractivity contribution in [3.63, 3.8) is 0 Å². The zero-order valence-corrected chi connectivity index (χ0v) is 16.1. The first-order chi connectivity index (χ1) is 12.8. The molecule has 2 aliphatic rings. The number of rotatable bonds is 6. The lowest BCUT2D eigenvalue weighted by atomic mass is 9.68. The first kappa shape index (κ1) is 19.9. The van der Waals surface area contributed by atoms with Gasteiger partial charge in [0.15, 0.2) is 6.61 Å². The molecule has 8 heteroatoms. The van der Waals surface area contributed by atoms with Crippen molar-refractivity contribution in [3.8, 4) is 5.75 Å². The molecule has 0 bridgehead atoms. The van der Waals surface area contributed by atoms with E-state index in [1.54, 1.807) is 18.2 Å². The van der Waals surface area contributed by atoms with Crippen LogP contribution in [-0.4, -0.2) is 71.3 Å². The van der Waals surface area contributed by atoms with Gasteiger partial charge in [0.05, 0.1) is 5.41 Å². The zero-order valence-electron chi connectivity index (χ0n) is 15.4. The molecule has 0 aliphatic carbocycles. The normalized spacial score (nSPS) is 26.4. The lowest BCUT2D eigenvalue weighted by molar-refractivity contribution is -0.162. The van der Waals surface area contributed by atoms with Gasteiger partial charge in [-0.2, -0.15) is 0 Å². The fraction of sp³-hybridized carbons (Fsp3) is 0.579. The molecule has 2 N–H and O–H groups in total. The lowest BCUT2D eigenvalue weighted by Crippen LogP contribution is -2.62. The highest BCUT2D eigenvalue weighted by Crippen LogP contribution is 2.42. The van der Waals surface area contributed by atoms with Gasteiger partial charge in [-0.1, -0.05) is 11.6 Å². The van der Waals surface area contributed by atoms with Crippen molar-refractivity contribution in [3.05, 3.63) is 28.8 Å². The van der Waals surface area contributed by atoms with Crippen LogP contribution in [0.3, 0.4) is 0 Å². The van der Waals surface area contributed by atoms with Crippen LogP contribution >= 0.6 is 11.6 Å².